The number of rotatable bonds is 7. The monoisotopic (exact) mass is 450 g/mol. The number of ether oxygens (including phenoxy) is 2. The molecular weight excluding hydrogens is 432 g/mol. The maximum Gasteiger partial charge on any atom is 0.291 e. The van der Waals surface area contributed by atoms with Gasteiger partial charge in [0, 0.05) is 12.1 Å². The van der Waals surface area contributed by atoms with Crippen LogP contribution in [0, 0.1) is 0 Å². The Labute approximate surface area is 187 Å². The molecule has 0 aliphatic carbocycles. The van der Waals surface area contributed by atoms with E-state index in [0.717, 1.165) is 11.8 Å². The number of benzene rings is 2. The highest BCUT2D eigenvalue weighted by Crippen LogP contribution is 2.28. The van der Waals surface area contributed by atoms with Gasteiger partial charge in [-0.15, -0.1) is 0 Å². The SMILES string of the molecule is COc1ccc(OCCCN2C(=O)c3ccccc3C2=O)c(C=C=C2SC(=O)NC2=O)c1. The smallest absolute Gasteiger partial charge is 0.291 e. The van der Waals surface area contributed by atoms with Gasteiger partial charge in [0.05, 0.1) is 24.8 Å². The highest BCUT2D eigenvalue weighted by Gasteiger charge is 2.34. The number of nitrogens with zero attached hydrogens (tertiary/aromatic N) is 1. The number of imide groups is 2. The van der Waals surface area contributed by atoms with E-state index in [-0.39, 0.29) is 29.9 Å². The molecule has 32 heavy (non-hydrogen) atoms. The lowest BCUT2D eigenvalue weighted by Crippen LogP contribution is -2.31. The fraction of sp³-hybridized carbons (Fsp3) is 0.174. The molecule has 1 N–H and O–H groups in total. The number of carbonyl (C=O) groups excluding carboxylic acids is 4. The quantitative estimate of drug-likeness (QED) is 0.299. The van der Waals surface area contributed by atoms with Gasteiger partial charge in [0.25, 0.3) is 23.0 Å². The van der Waals surface area contributed by atoms with Crippen molar-refractivity contribution in [3.8, 4) is 11.5 Å². The molecule has 0 bridgehead atoms. The zero-order valence-corrected chi connectivity index (χ0v) is 17.9. The predicted molar refractivity (Wildman–Crippen MR) is 118 cm³/mol. The number of methoxy groups -OCH3 is 1. The van der Waals surface area contributed by atoms with Crippen LogP contribution in [-0.2, 0) is 4.79 Å². The van der Waals surface area contributed by atoms with Gasteiger partial charge in [-0.3, -0.25) is 29.4 Å². The maximum absolute atomic E-state index is 12.4. The standard InChI is InChI=1S/C23H18N2O6S/c1-30-15-8-9-18(14(13-15)7-10-19-20(26)24-23(29)32-19)31-12-4-11-25-21(27)16-5-2-3-6-17(16)22(25)28/h2-3,5-9,13H,4,11-12H2,1H3,(H,24,26,29). The van der Waals surface area contributed by atoms with Gasteiger partial charge in [0.2, 0.25) is 0 Å². The van der Waals surface area contributed by atoms with E-state index in [2.05, 4.69) is 11.0 Å². The number of nitrogens with one attached hydrogen (secondary N) is 1. The van der Waals surface area contributed by atoms with Crippen LogP contribution in [0.4, 0.5) is 4.79 Å². The summed E-state index contributed by atoms with van der Waals surface area (Å²) in [7, 11) is 1.53. The molecule has 0 spiro atoms. The lowest BCUT2D eigenvalue weighted by atomic mass is 10.1. The minimum atomic E-state index is -0.498. The first-order valence-corrected chi connectivity index (χ1v) is 10.6. The molecule has 1 fully saturated rings. The molecule has 2 aliphatic heterocycles. The molecule has 0 atom stereocenters. The van der Waals surface area contributed by atoms with Crippen molar-refractivity contribution in [2.75, 3.05) is 20.3 Å². The van der Waals surface area contributed by atoms with E-state index in [1.54, 1.807) is 48.5 Å². The van der Waals surface area contributed by atoms with Gasteiger partial charge in [0.1, 0.15) is 16.4 Å². The summed E-state index contributed by atoms with van der Waals surface area (Å²) < 4.78 is 11.1. The van der Waals surface area contributed by atoms with E-state index in [9.17, 15) is 19.2 Å². The van der Waals surface area contributed by atoms with Gasteiger partial charge >= 0.3 is 0 Å². The van der Waals surface area contributed by atoms with E-state index >= 15 is 0 Å². The highest BCUT2D eigenvalue weighted by atomic mass is 32.2. The average molecular weight is 450 g/mol. The van der Waals surface area contributed by atoms with E-state index in [0.29, 0.717) is 34.6 Å². The fourth-order valence-corrected chi connectivity index (χ4v) is 3.89. The first-order chi connectivity index (χ1) is 15.5. The molecular formula is C23H18N2O6S. The van der Waals surface area contributed by atoms with Gasteiger partial charge in [-0.1, -0.05) is 17.9 Å². The van der Waals surface area contributed by atoms with Crippen LogP contribution in [0.2, 0.25) is 0 Å². The van der Waals surface area contributed by atoms with E-state index in [4.69, 9.17) is 9.47 Å². The molecule has 1 saturated heterocycles. The molecule has 8 nitrogen and oxygen atoms in total. The van der Waals surface area contributed by atoms with Crippen molar-refractivity contribution in [2.24, 2.45) is 0 Å². The largest absolute Gasteiger partial charge is 0.497 e. The highest BCUT2D eigenvalue weighted by molar-refractivity contribution is 8.18. The zero-order chi connectivity index (χ0) is 22.7. The Kier molecular flexibility index (Phi) is 6.11. The van der Waals surface area contributed by atoms with Crippen molar-refractivity contribution >= 4 is 40.8 Å². The van der Waals surface area contributed by atoms with Crippen LogP contribution in [0.25, 0.3) is 6.08 Å². The number of carbonyl (C=O) groups is 4. The Hall–Kier alpha value is -3.81. The van der Waals surface area contributed by atoms with Gasteiger partial charge < -0.3 is 9.47 Å². The molecule has 4 rings (SSSR count). The Balaban J connectivity index is 1.42. The summed E-state index contributed by atoms with van der Waals surface area (Å²) in [6.07, 6.45) is 1.98. The van der Waals surface area contributed by atoms with Crippen molar-refractivity contribution in [1.82, 2.24) is 10.2 Å². The molecule has 2 aromatic rings. The molecule has 0 radical (unpaired) electrons. The maximum atomic E-state index is 12.4. The van der Waals surface area contributed by atoms with Crippen LogP contribution in [0.5, 0.6) is 11.5 Å². The molecule has 0 saturated carbocycles. The lowest BCUT2D eigenvalue weighted by Gasteiger charge is -2.15. The molecule has 0 unspecified atom stereocenters. The second-order valence-corrected chi connectivity index (χ2v) is 7.86. The summed E-state index contributed by atoms with van der Waals surface area (Å²) in [5.74, 6) is -0.000979. The van der Waals surface area contributed by atoms with Gasteiger partial charge in [-0.25, -0.2) is 0 Å². The second kappa shape index (κ2) is 9.13. The third-order valence-electron chi connectivity index (χ3n) is 4.85. The second-order valence-electron chi connectivity index (χ2n) is 6.87. The van der Waals surface area contributed by atoms with Crippen LogP contribution >= 0.6 is 11.8 Å². The molecule has 2 heterocycles. The molecule has 4 amide bonds. The van der Waals surface area contributed by atoms with Crippen molar-refractivity contribution in [2.45, 2.75) is 6.42 Å². The van der Waals surface area contributed by atoms with Gasteiger partial charge in [-0.2, -0.15) is 0 Å². The first-order valence-electron chi connectivity index (χ1n) is 9.74. The average Bonchev–Trinajstić information content (AvgIpc) is 3.25. The Morgan fingerprint density at radius 2 is 1.78 bits per heavy atom. The summed E-state index contributed by atoms with van der Waals surface area (Å²) in [4.78, 5) is 49.3. The summed E-state index contributed by atoms with van der Waals surface area (Å²) in [5, 5.41) is 1.73. The third kappa shape index (κ3) is 4.30. The van der Waals surface area contributed by atoms with E-state index < -0.39 is 11.1 Å². The van der Waals surface area contributed by atoms with Gasteiger partial charge in [-0.05, 0) is 54.6 Å². The summed E-state index contributed by atoms with van der Waals surface area (Å²) >= 11 is 0.773. The normalized spacial score (nSPS) is 14.9. The Morgan fingerprint density at radius 3 is 2.41 bits per heavy atom. The van der Waals surface area contributed by atoms with E-state index in [1.807, 2.05) is 0 Å². The Bertz CT molecular complexity index is 1160. The van der Waals surface area contributed by atoms with Crippen molar-refractivity contribution in [3.05, 3.63) is 69.8 Å². The summed E-state index contributed by atoms with van der Waals surface area (Å²) in [6, 6.07) is 11.9. The number of hydrogen-bond donors (Lipinski definition) is 1. The Morgan fingerprint density at radius 1 is 1.06 bits per heavy atom. The number of thioether (sulfide) groups is 1. The third-order valence-corrected chi connectivity index (χ3v) is 5.65. The molecule has 162 valence electrons. The molecule has 0 aromatic heterocycles. The zero-order valence-electron chi connectivity index (χ0n) is 17.0. The molecule has 2 aromatic carbocycles. The predicted octanol–water partition coefficient (Wildman–Crippen LogP) is 3.24. The van der Waals surface area contributed by atoms with Crippen molar-refractivity contribution < 1.29 is 28.7 Å². The fourth-order valence-electron chi connectivity index (χ4n) is 3.30. The summed E-state index contributed by atoms with van der Waals surface area (Å²) in [6.45, 7) is 0.488. The van der Waals surface area contributed by atoms with Gasteiger partial charge in [0.15, 0.2) is 0 Å². The van der Waals surface area contributed by atoms with Crippen LogP contribution in [-0.4, -0.2) is 48.1 Å². The minimum absolute atomic E-state index is 0.161. The lowest BCUT2D eigenvalue weighted by molar-refractivity contribution is -0.115. The van der Waals surface area contributed by atoms with Crippen LogP contribution in [0.15, 0.2) is 53.1 Å². The number of amides is 4. The van der Waals surface area contributed by atoms with Crippen molar-refractivity contribution in [1.29, 1.82) is 0 Å². The number of fused-ring (bicyclic) bond motifs is 1. The van der Waals surface area contributed by atoms with Crippen LogP contribution in [0.1, 0.15) is 32.7 Å². The minimum Gasteiger partial charge on any atom is -0.497 e. The summed E-state index contributed by atoms with van der Waals surface area (Å²) in [5.41, 5.74) is 4.25. The van der Waals surface area contributed by atoms with Crippen LogP contribution in [0.3, 0.4) is 0 Å². The molecule has 2 aliphatic rings. The topological polar surface area (TPSA) is 102 Å². The van der Waals surface area contributed by atoms with E-state index in [1.165, 1.54) is 12.0 Å². The van der Waals surface area contributed by atoms with Crippen molar-refractivity contribution in [3.63, 3.8) is 0 Å². The number of hydrogen-bond acceptors (Lipinski definition) is 7. The first kappa shape index (κ1) is 21.4. The van der Waals surface area contributed by atoms with Crippen LogP contribution < -0.4 is 14.8 Å². The molecule has 9 heteroatoms.